The van der Waals surface area contributed by atoms with E-state index in [1.54, 1.807) is 24.3 Å². The number of nitrogens with two attached hydrogens (primary N) is 1. The molecule has 0 atom stereocenters. The zero-order chi connectivity index (χ0) is 13.5. The van der Waals surface area contributed by atoms with Gasteiger partial charge in [-0.15, -0.1) is 0 Å². The van der Waals surface area contributed by atoms with Gasteiger partial charge in [0.15, 0.2) is 0 Å². The lowest BCUT2D eigenvalue weighted by atomic mass is 10.2. The Balaban J connectivity index is 0.000000180. The average molecular weight is 246 g/mol. The van der Waals surface area contributed by atoms with E-state index in [1.807, 2.05) is 6.07 Å². The van der Waals surface area contributed by atoms with E-state index in [2.05, 4.69) is 0 Å². The van der Waals surface area contributed by atoms with Crippen LogP contribution in [0.3, 0.4) is 0 Å². The van der Waals surface area contributed by atoms with Crippen LogP contribution in [-0.4, -0.2) is 16.2 Å². The number of carboxylic acids is 1. The number of carbonyl (C=O) groups is 1. The number of benzene rings is 1. The van der Waals surface area contributed by atoms with Crippen LogP contribution in [0.2, 0.25) is 0 Å². The molecule has 1 aromatic carbocycles. The Bertz CT molecular complexity index is 482. The summed E-state index contributed by atoms with van der Waals surface area (Å²) in [5, 5.41) is 25.1. The largest absolute Gasteiger partial charge is 0.515 e. The van der Waals surface area contributed by atoms with E-state index < -0.39 is 5.97 Å². The van der Waals surface area contributed by atoms with Crippen LogP contribution in [0.5, 0.6) is 0 Å². The highest BCUT2D eigenvalue weighted by Crippen LogP contribution is 2.36. The van der Waals surface area contributed by atoms with Crippen molar-refractivity contribution in [3.8, 4) is 6.07 Å². The molecule has 1 saturated carbocycles. The second-order valence-electron chi connectivity index (χ2n) is 3.90. The molecule has 0 heterocycles. The van der Waals surface area contributed by atoms with Crippen LogP contribution in [-0.2, 0) is 4.79 Å². The maximum atomic E-state index is 10.2. The molecule has 0 saturated heterocycles. The molecule has 0 aromatic heterocycles. The highest BCUT2D eigenvalue weighted by atomic mass is 16.4. The smallest absolute Gasteiger partial charge is 0.334 e. The number of nitrogens with zero attached hydrogens (tertiary/aromatic N) is 1. The van der Waals surface area contributed by atoms with Crippen molar-refractivity contribution in [2.75, 3.05) is 5.73 Å². The number of hydrogen-bond acceptors (Lipinski definition) is 4. The molecular weight excluding hydrogens is 232 g/mol. The number of aliphatic carboxylic acids is 1. The summed E-state index contributed by atoms with van der Waals surface area (Å²) in [5.41, 5.74) is 6.85. The summed E-state index contributed by atoms with van der Waals surface area (Å²) in [6.45, 7) is 0. The second kappa shape index (κ2) is 6.30. The maximum absolute atomic E-state index is 10.2. The molecule has 0 amide bonds. The van der Waals surface area contributed by atoms with Crippen LogP contribution in [0.1, 0.15) is 18.4 Å². The van der Waals surface area contributed by atoms with Crippen molar-refractivity contribution >= 4 is 11.7 Å². The van der Waals surface area contributed by atoms with E-state index in [9.17, 15) is 4.79 Å². The highest BCUT2D eigenvalue weighted by Gasteiger charge is 2.30. The second-order valence-corrected chi connectivity index (χ2v) is 3.90. The Labute approximate surface area is 105 Å². The molecule has 0 spiro atoms. The number of aliphatic hydroxyl groups excluding tert-OH is 1. The van der Waals surface area contributed by atoms with Crippen LogP contribution < -0.4 is 5.73 Å². The van der Waals surface area contributed by atoms with Gasteiger partial charge in [-0.3, -0.25) is 0 Å². The summed E-state index contributed by atoms with van der Waals surface area (Å²) < 4.78 is 0. The standard InChI is InChI=1S/C7H6N2.C6H8O3/c8-5-6-1-3-7(9)4-2-6;7-3-5(6(8)9)4-1-2-4/h1-4H,9H2;3-4,7H,1-2H2,(H,8,9). The van der Waals surface area contributed by atoms with Crippen LogP contribution in [0.25, 0.3) is 0 Å². The summed E-state index contributed by atoms with van der Waals surface area (Å²) in [7, 11) is 0. The molecule has 0 radical (unpaired) electrons. The normalized spacial score (nSPS) is 14.1. The summed E-state index contributed by atoms with van der Waals surface area (Å²) >= 11 is 0. The molecule has 2 rings (SSSR count). The molecule has 4 N–H and O–H groups in total. The maximum Gasteiger partial charge on any atom is 0.334 e. The number of anilines is 1. The molecule has 94 valence electrons. The molecular formula is C13H14N2O3. The van der Waals surface area contributed by atoms with E-state index in [-0.39, 0.29) is 11.5 Å². The SMILES string of the molecule is N#Cc1ccc(N)cc1.O=C(O)C(=CO)C1CC1. The fourth-order valence-electron chi connectivity index (χ4n) is 1.29. The molecule has 5 heteroatoms. The first-order valence-corrected chi connectivity index (χ1v) is 5.41. The van der Waals surface area contributed by atoms with E-state index >= 15 is 0 Å². The molecule has 0 unspecified atom stereocenters. The highest BCUT2D eigenvalue weighted by molar-refractivity contribution is 5.87. The first-order valence-electron chi connectivity index (χ1n) is 5.41. The molecule has 1 fully saturated rings. The number of nitrogen functional groups attached to an aromatic ring is 1. The van der Waals surface area contributed by atoms with E-state index in [4.69, 9.17) is 21.2 Å². The van der Waals surface area contributed by atoms with Crippen molar-refractivity contribution in [1.29, 1.82) is 5.26 Å². The van der Waals surface area contributed by atoms with Gasteiger partial charge in [0, 0.05) is 5.69 Å². The number of hydrogen-bond donors (Lipinski definition) is 3. The molecule has 1 aliphatic rings. The van der Waals surface area contributed by atoms with E-state index in [0.29, 0.717) is 17.5 Å². The van der Waals surface area contributed by atoms with Crippen molar-refractivity contribution in [2.45, 2.75) is 12.8 Å². The van der Waals surface area contributed by atoms with Crippen molar-refractivity contribution in [1.82, 2.24) is 0 Å². The fraction of sp³-hybridized carbons (Fsp3) is 0.231. The van der Waals surface area contributed by atoms with Crippen LogP contribution in [0.4, 0.5) is 5.69 Å². The first-order chi connectivity index (χ1) is 8.58. The van der Waals surface area contributed by atoms with Crippen molar-refractivity contribution < 1.29 is 15.0 Å². The molecule has 5 nitrogen and oxygen atoms in total. The fourth-order valence-corrected chi connectivity index (χ4v) is 1.29. The Morgan fingerprint density at radius 1 is 1.39 bits per heavy atom. The lowest BCUT2D eigenvalue weighted by Gasteiger charge is -1.92. The van der Waals surface area contributed by atoms with Gasteiger partial charge in [0.25, 0.3) is 0 Å². The van der Waals surface area contributed by atoms with Crippen molar-refractivity contribution in [3.05, 3.63) is 41.7 Å². The summed E-state index contributed by atoms with van der Waals surface area (Å²) in [4.78, 5) is 10.2. The van der Waals surface area contributed by atoms with Gasteiger partial charge < -0.3 is 15.9 Å². The lowest BCUT2D eigenvalue weighted by Crippen LogP contribution is -2.01. The first kappa shape index (κ1) is 13.6. The van der Waals surface area contributed by atoms with E-state index in [0.717, 1.165) is 12.8 Å². The number of rotatable bonds is 2. The van der Waals surface area contributed by atoms with Gasteiger partial charge in [-0.2, -0.15) is 5.26 Å². The predicted octanol–water partition coefficient (Wildman–Crippen LogP) is 2.06. The number of carboxylic acid groups (broad SMARTS) is 1. The predicted molar refractivity (Wildman–Crippen MR) is 66.6 cm³/mol. The van der Waals surface area contributed by atoms with Gasteiger partial charge >= 0.3 is 5.97 Å². The Morgan fingerprint density at radius 2 is 1.94 bits per heavy atom. The van der Waals surface area contributed by atoms with Gasteiger partial charge in [-0.05, 0) is 43.0 Å². The lowest BCUT2D eigenvalue weighted by molar-refractivity contribution is -0.133. The molecule has 1 aromatic rings. The van der Waals surface area contributed by atoms with Gasteiger partial charge in [-0.25, -0.2) is 4.79 Å². The molecule has 18 heavy (non-hydrogen) atoms. The molecule has 0 bridgehead atoms. The van der Waals surface area contributed by atoms with Crippen LogP contribution in [0.15, 0.2) is 36.1 Å². The minimum Gasteiger partial charge on any atom is -0.515 e. The van der Waals surface area contributed by atoms with E-state index in [1.165, 1.54) is 0 Å². The third-order valence-corrected chi connectivity index (χ3v) is 2.44. The average Bonchev–Trinajstić information content (AvgIpc) is 3.16. The minimum atomic E-state index is -1.00. The Morgan fingerprint density at radius 3 is 2.22 bits per heavy atom. The topological polar surface area (TPSA) is 107 Å². The zero-order valence-electron chi connectivity index (χ0n) is 9.71. The van der Waals surface area contributed by atoms with Crippen LogP contribution >= 0.6 is 0 Å². The molecule has 0 aliphatic heterocycles. The third kappa shape index (κ3) is 4.18. The van der Waals surface area contributed by atoms with Gasteiger partial charge in [0.05, 0.1) is 23.5 Å². The Kier molecular flexibility index (Phi) is 4.76. The minimum absolute atomic E-state index is 0.118. The number of aliphatic hydroxyl groups is 1. The van der Waals surface area contributed by atoms with Gasteiger partial charge in [0.1, 0.15) is 0 Å². The van der Waals surface area contributed by atoms with Crippen molar-refractivity contribution in [3.63, 3.8) is 0 Å². The Hall–Kier alpha value is -2.48. The molecule has 1 aliphatic carbocycles. The monoisotopic (exact) mass is 246 g/mol. The number of nitriles is 1. The quantitative estimate of drug-likeness (QED) is 0.420. The van der Waals surface area contributed by atoms with Gasteiger partial charge in [0.2, 0.25) is 0 Å². The summed E-state index contributed by atoms with van der Waals surface area (Å²) in [5.74, 6) is -0.882. The van der Waals surface area contributed by atoms with Gasteiger partial charge in [-0.1, -0.05) is 0 Å². The van der Waals surface area contributed by atoms with Crippen molar-refractivity contribution in [2.24, 2.45) is 5.92 Å². The van der Waals surface area contributed by atoms with Crippen LogP contribution in [0, 0.1) is 17.2 Å². The third-order valence-electron chi connectivity index (χ3n) is 2.44. The summed E-state index contributed by atoms with van der Waals surface area (Å²) in [6.07, 6.45) is 2.50. The zero-order valence-corrected chi connectivity index (χ0v) is 9.71. The summed E-state index contributed by atoms with van der Waals surface area (Å²) in [6, 6.07) is 8.79.